The number of thiophene rings is 2. The van der Waals surface area contributed by atoms with E-state index in [1.807, 2.05) is 0 Å². The van der Waals surface area contributed by atoms with Gasteiger partial charge in [0.05, 0.1) is 10.5 Å². The molecule has 0 amide bonds. The van der Waals surface area contributed by atoms with Crippen molar-refractivity contribution in [1.82, 2.24) is 0 Å². The van der Waals surface area contributed by atoms with E-state index in [-0.39, 0.29) is 10.6 Å². The van der Waals surface area contributed by atoms with Crippen molar-refractivity contribution >= 4 is 45.3 Å². The highest BCUT2D eigenvalue weighted by Gasteiger charge is 2.14. The van der Waals surface area contributed by atoms with Crippen LogP contribution in [0.15, 0.2) is 29.6 Å². The summed E-state index contributed by atoms with van der Waals surface area (Å²) in [5.41, 5.74) is 0.141. The number of carboxylic acids is 1. The van der Waals surface area contributed by atoms with Gasteiger partial charge in [-0.15, -0.1) is 11.3 Å². The van der Waals surface area contributed by atoms with Gasteiger partial charge in [-0.25, -0.2) is 4.79 Å². The molecule has 0 saturated heterocycles. The van der Waals surface area contributed by atoms with Crippen LogP contribution in [0.1, 0.15) is 9.75 Å². The van der Waals surface area contributed by atoms with E-state index in [4.69, 9.17) is 5.11 Å². The number of carboxylic acid groups (broad SMARTS) is 1. The maximum Gasteiger partial charge on any atom is 0.337 e. The zero-order valence-corrected chi connectivity index (χ0v) is 10.5. The lowest BCUT2D eigenvalue weighted by molar-refractivity contribution is -0.380. The highest BCUT2D eigenvalue weighted by atomic mass is 32.1. The molecule has 5 nitrogen and oxygen atoms in total. The Morgan fingerprint density at radius 2 is 2.17 bits per heavy atom. The van der Waals surface area contributed by atoms with Gasteiger partial charge in [-0.05, 0) is 23.6 Å². The molecule has 18 heavy (non-hydrogen) atoms. The fraction of sp³-hybridized carbons (Fsp3) is 0. The van der Waals surface area contributed by atoms with E-state index in [0.717, 1.165) is 11.3 Å². The van der Waals surface area contributed by atoms with E-state index in [9.17, 15) is 14.9 Å². The normalized spacial score (nSPS) is 11.4. The van der Waals surface area contributed by atoms with Crippen molar-refractivity contribution in [3.63, 3.8) is 0 Å². The second-order valence-corrected chi connectivity index (χ2v) is 5.32. The van der Waals surface area contributed by atoms with E-state index in [1.165, 1.54) is 23.5 Å². The standard InChI is InChI=1S/C11H7NO4S2/c13-11(14)8(9-2-1-5-17-9)6-7-3-4-10(18-7)12(15)16/h1-6H,(H,13,14)/b8-6+. The third kappa shape index (κ3) is 2.63. The molecule has 0 spiro atoms. The molecule has 2 aromatic heterocycles. The Morgan fingerprint density at radius 3 is 2.67 bits per heavy atom. The quantitative estimate of drug-likeness (QED) is 0.529. The molecule has 2 heterocycles. The van der Waals surface area contributed by atoms with Gasteiger partial charge >= 0.3 is 11.0 Å². The van der Waals surface area contributed by atoms with E-state index in [0.29, 0.717) is 9.75 Å². The topological polar surface area (TPSA) is 80.4 Å². The van der Waals surface area contributed by atoms with Gasteiger partial charge in [0.1, 0.15) is 0 Å². The zero-order valence-electron chi connectivity index (χ0n) is 8.90. The summed E-state index contributed by atoms with van der Waals surface area (Å²) >= 11 is 2.26. The Morgan fingerprint density at radius 1 is 1.39 bits per heavy atom. The summed E-state index contributed by atoms with van der Waals surface area (Å²) in [5, 5.41) is 21.5. The molecule has 0 saturated carbocycles. The van der Waals surface area contributed by atoms with Crippen molar-refractivity contribution in [2.75, 3.05) is 0 Å². The lowest BCUT2D eigenvalue weighted by Gasteiger charge is -1.96. The van der Waals surface area contributed by atoms with Crippen LogP contribution in [0.2, 0.25) is 0 Å². The maximum absolute atomic E-state index is 11.2. The minimum absolute atomic E-state index is 0.00262. The molecule has 0 aliphatic carbocycles. The first-order valence-electron chi connectivity index (χ1n) is 4.81. The molecule has 0 fully saturated rings. The second-order valence-electron chi connectivity index (χ2n) is 3.27. The zero-order chi connectivity index (χ0) is 13.1. The van der Waals surface area contributed by atoms with Crippen LogP contribution in [-0.2, 0) is 4.79 Å². The van der Waals surface area contributed by atoms with Crippen LogP contribution >= 0.6 is 22.7 Å². The van der Waals surface area contributed by atoms with Crippen LogP contribution in [-0.4, -0.2) is 16.0 Å². The smallest absolute Gasteiger partial charge is 0.337 e. The molecule has 0 radical (unpaired) electrons. The van der Waals surface area contributed by atoms with E-state index in [2.05, 4.69) is 0 Å². The van der Waals surface area contributed by atoms with Crippen LogP contribution in [0.25, 0.3) is 11.6 Å². The predicted molar refractivity (Wildman–Crippen MR) is 70.8 cm³/mol. The highest BCUT2D eigenvalue weighted by molar-refractivity contribution is 7.16. The molecular formula is C11H7NO4S2. The van der Waals surface area contributed by atoms with Gasteiger partial charge in [0.15, 0.2) is 0 Å². The number of rotatable bonds is 4. The molecule has 0 atom stereocenters. The van der Waals surface area contributed by atoms with Crippen LogP contribution in [0.5, 0.6) is 0 Å². The van der Waals surface area contributed by atoms with Gasteiger partial charge in [-0.1, -0.05) is 17.4 Å². The van der Waals surface area contributed by atoms with E-state index < -0.39 is 10.9 Å². The fourth-order valence-corrected chi connectivity index (χ4v) is 2.83. The average molecular weight is 281 g/mol. The first-order chi connectivity index (χ1) is 8.58. The van der Waals surface area contributed by atoms with E-state index >= 15 is 0 Å². The van der Waals surface area contributed by atoms with Gasteiger partial charge in [0, 0.05) is 15.8 Å². The number of carbonyl (C=O) groups is 1. The Hall–Kier alpha value is -1.99. The third-order valence-electron chi connectivity index (χ3n) is 2.10. The van der Waals surface area contributed by atoms with Crippen LogP contribution in [0, 0.1) is 10.1 Å². The number of aliphatic carboxylic acids is 1. The largest absolute Gasteiger partial charge is 0.478 e. The van der Waals surface area contributed by atoms with Crippen LogP contribution < -0.4 is 0 Å². The van der Waals surface area contributed by atoms with Crippen molar-refractivity contribution in [3.05, 3.63) is 49.5 Å². The Kier molecular flexibility index (Phi) is 3.54. The summed E-state index contributed by atoms with van der Waals surface area (Å²) in [7, 11) is 0. The third-order valence-corrected chi connectivity index (χ3v) is 3.98. The molecule has 2 rings (SSSR count). The monoisotopic (exact) mass is 281 g/mol. The van der Waals surface area contributed by atoms with Crippen LogP contribution in [0.4, 0.5) is 5.00 Å². The molecule has 0 bridgehead atoms. The molecule has 92 valence electrons. The minimum atomic E-state index is -1.05. The molecule has 0 aliphatic rings. The molecule has 7 heteroatoms. The summed E-state index contributed by atoms with van der Waals surface area (Å²) in [6.07, 6.45) is 1.45. The van der Waals surface area contributed by atoms with Crippen molar-refractivity contribution in [3.8, 4) is 0 Å². The first kappa shape index (κ1) is 12.5. The molecule has 1 N–H and O–H groups in total. The van der Waals surface area contributed by atoms with Crippen molar-refractivity contribution in [1.29, 1.82) is 0 Å². The van der Waals surface area contributed by atoms with Crippen LogP contribution in [0.3, 0.4) is 0 Å². The van der Waals surface area contributed by atoms with Gasteiger partial charge in [0.2, 0.25) is 0 Å². The van der Waals surface area contributed by atoms with Gasteiger partial charge < -0.3 is 5.11 Å². The molecule has 0 aromatic carbocycles. The first-order valence-corrected chi connectivity index (χ1v) is 6.50. The number of hydrogen-bond donors (Lipinski definition) is 1. The fourth-order valence-electron chi connectivity index (χ4n) is 1.33. The average Bonchev–Trinajstić information content (AvgIpc) is 2.96. The maximum atomic E-state index is 11.2. The van der Waals surface area contributed by atoms with E-state index in [1.54, 1.807) is 23.6 Å². The number of nitrogens with zero attached hydrogens (tertiary/aromatic N) is 1. The number of hydrogen-bond acceptors (Lipinski definition) is 5. The SMILES string of the molecule is O=C(O)/C(=C/c1ccc([N+](=O)[O-])s1)c1cccs1. The highest BCUT2D eigenvalue weighted by Crippen LogP contribution is 2.29. The Balaban J connectivity index is 2.39. The molecular weight excluding hydrogens is 274 g/mol. The van der Waals surface area contributed by atoms with Crippen molar-refractivity contribution in [2.24, 2.45) is 0 Å². The summed E-state index contributed by atoms with van der Waals surface area (Å²) in [6, 6.07) is 6.37. The predicted octanol–water partition coefficient (Wildman–Crippen LogP) is 3.34. The molecule has 0 unspecified atom stereocenters. The van der Waals surface area contributed by atoms with Gasteiger partial charge in [-0.3, -0.25) is 10.1 Å². The van der Waals surface area contributed by atoms with Gasteiger partial charge in [-0.2, -0.15) is 0 Å². The minimum Gasteiger partial charge on any atom is -0.478 e. The van der Waals surface area contributed by atoms with Gasteiger partial charge in [0.25, 0.3) is 0 Å². The Bertz CT molecular complexity index is 613. The number of nitro groups is 1. The summed E-state index contributed by atoms with van der Waals surface area (Å²) in [4.78, 5) is 22.4. The second kappa shape index (κ2) is 5.11. The lowest BCUT2D eigenvalue weighted by Crippen LogP contribution is -1.97. The molecule has 0 aliphatic heterocycles. The summed E-state index contributed by atoms with van der Waals surface area (Å²) in [5.74, 6) is -1.05. The van der Waals surface area contributed by atoms with Crippen molar-refractivity contribution < 1.29 is 14.8 Å². The van der Waals surface area contributed by atoms with Crippen molar-refractivity contribution in [2.45, 2.75) is 0 Å². The molecule has 2 aromatic rings. The summed E-state index contributed by atoms with van der Waals surface area (Å²) in [6.45, 7) is 0. The Labute approximate surface area is 110 Å². The lowest BCUT2D eigenvalue weighted by atomic mass is 10.2. The summed E-state index contributed by atoms with van der Waals surface area (Å²) < 4.78 is 0.